The monoisotopic (exact) mass is 222 g/mol. The second-order valence-electron chi connectivity index (χ2n) is 4.21. The van der Waals surface area contributed by atoms with Gasteiger partial charge in [-0.15, -0.1) is 0 Å². The van der Waals surface area contributed by atoms with Crippen LogP contribution in [0.3, 0.4) is 0 Å². The van der Waals surface area contributed by atoms with Crippen LogP contribution in [0.4, 0.5) is 0 Å². The van der Waals surface area contributed by atoms with Gasteiger partial charge in [0.1, 0.15) is 0 Å². The quantitative estimate of drug-likeness (QED) is 0.822. The van der Waals surface area contributed by atoms with Crippen LogP contribution in [-0.2, 0) is 11.2 Å². The maximum absolute atomic E-state index is 10.8. The molecule has 0 saturated heterocycles. The Hall–Kier alpha value is -1.35. The standard InChI is InChI=1S/C13H18O3/c1-4-9-5-6-10(8(2)3)7-11(9)12(14)13(15)16/h5-8,12,14H,4H2,1-3H3,(H,15,16). The van der Waals surface area contributed by atoms with Crippen molar-refractivity contribution in [2.75, 3.05) is 0 Å². The number of carboxylic acids is 1. The minimum absolute atomic E-state index is 0.325. The van der Waals surface area contributed by atoms with Gasteiger partial charge < -0.3 is 10.2 Å². The lowest BCUT2D eigenvalue weighted by atomic mass is 9.93. The molecular weight excluding hydrogens is 204 g/mol. The first-order chi connectivity index (χ1) is 7.47. The first-order valence-corrected chi connectivity index (χ1v) is 5.51. The Morgan fingerprint density at radius 2 is 2.00 bits per heavy atom. The van der Waals surface area contributed by atoms with Crippen LogP contribution in [0.25, 0.3) is 0 Å². The predicted octanol–water partition coefficient (Wildman–Crippen LogP) is 2.49. The summed E-state index contributed by atoms with van der Waals surface area (Å²) in [5.41, 5.74) is 2.45. The number of hydrogen-bond acceptors (Lipinski definition) is 2. The molecule has 0 aliphatic heterocycles. The molecule has 0 heterocycles. The van der Waals surface area contributed by atoms with Gasteiger partial charge in [-0.3, -0.25) is 0 Å². The summed E-state index contributed by atoms with van der Waals surface area (Å²) in [7, 11) is 0. The highest BCUT2D eigenvalue weighted by atomic mass is 16.4. The number of rotatable bonds is 4. The molecule has 1 atom stereocenters. The lowest BCUT2D eigenvalue weighted by Gasteiger charge is -2.14. The lowest BCUT2D eigenvalue weighted by Crippen LogP contribution is -2.13. The Morgan fingerprint density at radius 1 is 1.38 bits per heavy atom. The highest BCUT2D eigenvalue weighted by molar-refractivity contribution is 5.74. The van der Waals surface area contributed by atoms with Crippen LogP contribution in [0.5, 0.6) is 0 Å². The average Bonchev–Trinajstić information content (AvgIpc) is 2.26. The average molecular weight is 222 g/mol. The molecule has 0 bridgehead atoms. The van der Waals surface area contributed by atoms with E-state index < -0.39 is 12.1 Å². The van der Waals surface area contributed by atoms with Gasteiger partial charge in [0.2, 0.25) is 0 Å². The fourth-order valence-corrected chi connectivity index (χ4v) is 1.68. The summed E-state index contributed by atoms with van der Waals surface area (Å²) in [6.45, 7) is 6.03. The molecule has 0 aliphatic carbocycles. The smallest absolute Gasteiger partial charge is 0.337 e. The summed E-state index contributed by atoms with van der Waals surface area (Å²) in [6, 6.07) is 5.68. The van der Waals surface area contributed by atoms with Crippen LogP contribution in [0.15, 0.2) is 18.2 Å². The van der Waals surface area contributed by atoms with Gasteiger partial charge in [-0.05, 0) is 29.0 Å². The minimum atomic E-state index is -1.42. The minimum Gasteiger partial charge on any atom is -0.479 e. The molecule has 0 fully saturated rings. The Kier molecular flexibility index (Phi) is 4.07. The Labute approximate surface area is 95.7 Å². The van der Waals surface area contributed by atoms with E-state index in [0.29, 0.717) is 11.5 Å². The number of aliphatic hydroxyl groups excluding tert-OH is 1. The van der Waals surface area contributed by atoms with Gasteiger partial charge in [-0.2, -0.15) is 0 Å². The molecule has 3 heteroatoms. The number of aliphatic carboxylic acids is 1. The number of carbonyl (C=O) groups is 1. The largest absolute Gasteiger partial charge is 0.479 e. The molecule has 3 nitrogen and oxygen atoms in total. The third kappa shape index (κ3) is 2.61. The van der Waals surface area contributed by atoms with Gasteiger partial charge in [0.25, 0.3) is 0 Å². The van der Waals surface area contributed by atoms with E-state index in [4.69, 9.17) is 5.11 Å². The second kappa shape index (κ2) is 5.12. The maximum Gasteiger partial charge on any atom is 0.337 e. The topological polar surface area (TPSA) is 57.5 Å². The Bertz CT molecular complexity index is 383. The molecule has 0 spiro atoms. The SMILES string of the molecule is CCc1ccc(C(C)C)cc1C(O)C(=O)O. The van der Waals surface area contributed by atoms with Crippen LogP contribution in [-0.4, -0.2) is 16.2 Å². The maximum atomic E-state index is 10.8. The number of carboxylic acid groups (broad SMARTS) is 1. The molecule has 1 rings (SSSR count). The van der Waals surface area contributed by atoms with Crippen molar-refractivity contribution in [3.8, 4) is 0 Å². The fourth-order valence-electron chi connectivity index (χ4n) is 1.68. The molecule has 1 aromatic rings. The molecule has 0 amide bonds. The molecule has 16 heavy (non-hydrogen) atoms. The second-order valence-corrected chi connectivity index (χ2v) is 4.21. The van der Waals surface area contributed by atoms with Gasteiger partial charge in [-0.1, -0.05) is 39.0 Å². The van der Waals surface area contributed by atoms with Crippen LogP contribution in [0.2, 0.25) is 0 Å². The fraction of sp³-hybridized carbons (Fsp3) is 0.462. The van der Waals surface area contributed by atoms with Crippen molar-refractivity contribution in [1.82, 2.24) is 0 Å². The predicted molar refractivity (Wildman–Crippen MR) is 62.5 cm³/mol. The van der Waals surface area contributed by atoms with Crippen LogP contribution < -0.4 is 0 Å². The van der Waals surface area contributed by atoms with Crippen LogP contribution in [0.1, 0.15) is 49.5 Å². The zero-order valence-corrected chi connectivity index (χ0v) is 9.90. The third-order valence-electron chi connectivity index (χ3n) is 2.75. The Balaban J connectivity index is 3.21. The first-order valence-electron chi connectivity index (χ1n) is 5.51. The van der Waals surface area contributed by atoms with Crippen molar-refractivity contribution < 1.29 is 15.0 Å². The van der Waals surface area contributed by atoms with E-state index in [0.717, 1.165) is 17.5 Å². The molecule has 0 radical (unpaired) electrons. The molecule has 1 unspecified atom stereocenters. The van der Waals surface area contributed by atoms with Crippen LogP contribution in [0, 0.1) is 0 Å². The van der Waals surface area contributed by atoms with E-state index in [2.05, 4.69) is 0 Å². The molecule has 0 aliphatic rings. The van der Waals surface area contributed by atoms with Gasteiger partial charge >= 0.3 is 5.97 Å². The van der Waals surface area contributed by atoms with E-state index in [9.17, 15) is 9.90 Å². The summed E-state index contributed by atoms with van der Waals surface area (Å²) in [6.07, 6.45) is -0.702. The number of aliphatic hydroxyl groups is 1. The highest BCUT2D eigenvalue weighted by Gasteiger charge is 2.19. The summed E-state index contributed by atoms with van der Waals surface area (Å²) in [4.78, 5) is 10.8. The van der Waals surface area contributed by atoms with E-state index in [1.807, 2.05) is 32.9 Å². The van der Waals surface area contributed by atoms with E-state index >= 15 is 0 Å². The van der Waals surface area contributed by atoms with Gasteiger partial charge in [-0.25, -0.2) is 4.79 Å². The summed E-state index contributed by atoms with van der Waals surface area (Å²) in [5.74, 6) is -0.874. The Morgan fingerprint density at radius 3 is 2.44 bits per heavy atom. The van der Waals surface area contributed by atoms with E-state index in [1.165, 1.54) is 0 Å². The van der Waals surface area contributed by atoms with E-state index in [1.54, 1.807) is 6.07 Å². The van der Waals surface area contributed by atoms with Crippen molar-refractivity contribution in [3.63, 3.8) is 0 Å². The molecular formula is C13H18O3. The molecule has 1 aromatic carbocycles. The number of benzene rings is 1. The molecule has 2 N–H and O–H groups in total. The molecule has 0 aromatic heterocycles. The number of hydrogen-bond donors (Lipinski definition) is 2. The van der Waals surface area contributed by atoms with Gasteiger partial charge in [0.05, 0.1) is 0 Å². The zero-order valence-electron chi connectivity index (χ0n) is 9.90. The molecule has 0 saturated carbocycles. The van der Waals surface area contributed by atoms with Crippen molar-refractivity contribution in [3.05, 3.63) is 34.9 Å². The summed E-state index contributed by atoms with van der Waals surface area (Å²) < 4.78 is 0. The molecule has 88 valence electrons. The van der Waals surface area contributed by atoms with Gasteiger partial charge in [0, 0.05) is 0 Å². The lowest BCUT2D eigenvalue weighted by molar-refractivity contribution is -0.147. The third-order valence-corrected chi connectivity index (χ3v) is 2.75. The van der Waals surface area contributed by atoms with Crippen molar-refractivity contribution in [2.24, 2.45) is 0 Å². The summed E-state index contributed by atoms with van der Waals surface area (Å²) >= 11 is 0. The first kappa shape index (κ1) is 12.7. The van der Waals surface area contributed by atoms with Crippen molar-refractivity contribution in [2.45, 2.75) is 39.2 Å². The van der Waals surface area contributed by atoms with Crippen molar-refractivity contribution >= 4 is 5.97 Å². The zero-order chi connectivity index (χ0) is 12.3. The normalized spacial score (nSPS) is 12.8. The van der Waals surface area contributed by atoms with Crippen LogP contribution >= 0.6 is 0 Å². The van der Waals surface area contributed by atoms with Gasteiger partial charge in [0.15, 0.2) is 6.10 Å². The summed E-state index contributed by atoms with van der Waals surface area (Å²) in [5, 5.41) is 18.5. The van der Waals surface area contributed by atoms with Crippen molar-refractivity contribution in [1.29, 1.82) is 0 Å². The highest BCUT2D eigenvalue weighted by Crippen LogP contribution is 2.24. The number of aryl methyl sites for hydroxylation is 1. The van der Waals surface area contributed by atoms with E-state index in [-0.39, 0.29) is 0 Å².